The molecule has 0 aliphatic rings. The van der Waals surface area contributed by atoms with Crippen molar-refractivity contribution in [2.24, 2.45) is 7.05 Å². The van der Waals surface area contributed by atoms with E-state index in [4.69, 9.17) is 11.6 Å². The first-order valence-corrected chi connectivity index (χ1v) is 7.62. The van der Waals surface area contributed by atoms with Crippen molar-refractivity contribution in [3.05, 3.63) is 52.8 Å². The van der Waals surface area contributed by atoms with Crippen molar-refractivity contribution in [2.75, 3.05) is 13.6 Å². The van der Waals surface area contributed by atoms with E-state index >= 15 is 0 Å². The molecule has 1 atom stereocenters. The van der Waals surface area contributed by atoms with E-state index in [-0.39, 0.29) is 18.3 Å². The Morgan fingerprint density at radius 3 is 2.65 bits per heavy atom. The van der Waals surface area contributed by atoms with Crippen LogP contribution in [-0.4, -0.2) is 34.2 Å². The second kappa shape index (κ2) is 8.91. The number of hydrogen-bond donors (Lipinski definition) is 1. The number of nitrogens with one attached hydrogen (secondary N) is 1. The second-order valence-corrected chi connectivity index (χ2v) is 5.52. The summed E-state index contributed by atoms with van der Waals surface area (Å²) in [5.41, 5.74) is 1.80. The number of aromatic nitrogens is 2. The number of halogens is 2. The van der Waals surface area contributed by atoms with Crippen LogP contribution < -0.4 is 5.32 Å². The van der Waals surface area contributed by atoms with Gasteiger partial charge in [-0.1, -0.05) is 29.8 Å². The van der Waals surface area contributed by atoms with E-state index in [1.54, 1.807) is 22.8 Å². The third-order valence-corrected chi connectivity index (χ3v) is 3.97. The van der Waals surface area contributed by atoms with Gasteiger partial charge in [0, 0.05) is 36.9 Å². The molecule has 1 aromatic heterocycles. The van der Waals surface area contributed by atoms with E-state index in [0.717, 1.165) is 11.1 Å². The van der Waals surface area contributed by atoms with Crippen LogP contribution in [0.2, 0.25) is 5.02 Å². The molecule has 1 heterocycles. The maximum atomic E-state index is 12.8. The number of nitrogens with zero attached hydrogens (tertiary/aromatic N) is 3. The zero-order chi connectivity index (χ0) is 16.1. The van der Waals surface area contributed by atoms with Crippen molar-refractivity contribution in [3.8, 4) is 0 Å². The van der Waals surface area contributed by atoms with Gasteiger partial charge in [-0.2, -0.15) is 5.10 Å². The molecule has 0 saturated heterocycles. The average Bonchev–Trinajstić information content (AvgIpc) is 2.93. The maximum absolute atomic E-state index is 12.8. The molecule has 1 amide bonds. The van der Waals surface area contributed by atoms with Crippen LogP contribution in [0.3, 0.4) is 0 Å². The van der Waals surface area contributed by atoms with E-state index < -0.39 is 6.04 Å². The Morgan fingerprint density at radius 2 is 2.13 bits per heavy atom. The summed E-state index contributed by atoms with van der Waals surface area (Å²) in [6.07, 6.45) is 3.56. The van der Waals surface area contributed by atoms with Crippen LogP contribution in [0.5, 0.6) is 0 Å². The predicted octanol–water partition coefficient (Wildman–Crippen LogP) is 2.80. The standard InChI is InChI=1S/C16H21ClN4O.ClH/c1-4-21(11-12-7-5-6-8-14(12)17)16(22)15(18-2)13-9-19-20(3)10-13;/h5-10,15,18H,4,11H2,1-3H3;1H. The maximum Gasteiger partial charge on any atom is 0.244 e. The molecule has 5 nitrogen and oxygen atoms in total. The largest absolute Gasteiger partial charge is 0.337 e. The van der Waals surface area contributed by atoms with Crippen molar-refractivity contribution >= 4 is 29.9 Å². The summed E-state index contributed by atoms with van der Waals surface area (Å²) in [6.45, 7) is 3.07. The lowest BCUT2D eigenvalue weighted by molar-refractivity contribution is -0.133. The molecule has 0 aliphatic carbocycles. The first kappa shape index (κ1) is 19.5. The van der Waals surface area contributed by atoms with Crippen LogP contribution >= 0.6 is 24.0 Å². The van der Waals surface area contributed by atoms with E-state index in [2.05, 4.69) is 10.4 Å². The van der Waals surface area contributed by atoms with Gasteiger partial charge in [-0.3, -0.25) is 9.48 Å². The molecule has 1 aromatic carbocycles. The van der Waals surface area contributed by atoms with Crippen molar-refractivity contribution in [3.63, 3.8) is 0 Å². The van der Waals surface area contributed by atoms with Gasteiger partial charge < -0.3 is 10.2 Å². The van der Waals surface area contributed by atoms with Gasteiger partial charge in [-0.05, 0) is 25.6 Å². The van der Waals surface area contributed by atoms with Gasteiger partial charge in [0.1, 0.15) is 6.04 Å². The Balaban J connectivity index is 0.00000264. The molecule has 0 aliphatic heterocycles. The SMILES string of the molecule is CCN(Cc1ccccc1Cl)C(=O)C(NC)c1cnn(C)c1.Cl. The molecule has 23 heavy (non-hydrogen) atoms. The fourth-order valence-electron chi connectivity index (χ4n) is 2.38. The lowest BCUT2D eigenvalue weighted by Crippen LogP contribution is -2.39. The molecular formula is C16H22Cl2N4O. The van der Waals surface area contributed by atoms with E-state index in [9.17, 15) is 4.79 Å². The lowest BCUT2D eigenvalue weighted by Gasteiger charge is -2.26. The summed E-state index contributed by atoms with van der Waals surface area (Å²) < 4.78 is 1.69. The molecule has 1 N–H and O–H groups in total. The Hall–Kier alpha value is -1.56. The van der Waals surface area contributed by atoms with Crippen LogP contribution in [0, 0.1) is 0 Å². The predicted molar refractivity (Wildman–Crippen MR) is 94.8 cm³/mol. The smallest absolute Gasteiger partial charge is 0.244 e. The summed E-state index contributed by atoms with van der Waals surface area (Å²) in [5, 5.41) is 7.88. The minimum atomic E-state index is -0.406. The minimum Gasteiger partial charge on any atom is -0.337 e. The van der Waals surface area contributed by atoms with Gasteiger partial charge in [0.2, 0.25) is 5.91 Å². The minimum absolute atomic E-state index is 0. The Morgan fingerprint density at radius 1 is 1.43 bits per heavy atom. The van der Waals surface area contributed by atoms with E-state index in [1.807, 2.05) is 44.4 Å². The molecular weight excluding hydrogens is 335 g/mol. The van der Waals surface area contributed by atoms with Crippen molar-refractivity contribution < 1.29 is 4.79 Å². The highest BCUT2D eigenvalue weighted by Crippen LogP contribution is 2.20. The highest BCUT2D eigenvalue weighted by Gasteiger charge is 2.25. The van der Waals surface area contributed by atoms with Crippen molar-refractivity contribution in [1.29, 1.82) is 0 Å². The Bertz CT molecular complexity index is 645. The van der Waals surface area contributed by atoms with Crippen molar-refractivity contribution in [1.82, 2.24) is 20.0 Å². The number of hydrogen-bond acceptors (Lipinski definition) is 3. The fourth-order valence-corrected chi connectivity index (χ4v) is 2.58. The van der Waals surface area contributed by atoms with Gasteiger partial charge in [0.15, 0.2) is 0 Å². The highest BCUT2D eigenvalue weighted by molar-refractivity contribution is 6.31. The molecule has 7 heteroatoms. The normalized spacial score (nSPS) is 11.7. The third kappa shape index (κ3) is 4.70. The van der Waals surface area contributed by atoms with Gasteiger partial charge in [-0.25, -0.2) is 0 Å². The molecule has 126 valence electrons. The molecule has 1 unspecified atom stereocenters. The zero-order valence-electron chi connectivity index (χ0n) is 13.5. The molecule has 0 fully saturated rings. The van der Waals surface area contributed by atoms with Gasteiger partial charge >= 0.3 is 0 Å². The summed E-state index contributed by atoms with van der Waals surface area (Å²) in [7, 11) is 3.61. The third-order valence-electron chi connectivity index (χ3n) is 3.61. The summed E-state index contributed by atoms with van der Waals surface area (Å²) in [6, 6.07) is 7.19. The first-order valence-electron chi connectivity index (χ1n) is 7.24. The molecule has 0 spiro atoms. The molecule has 2 rings (SSSR count). The topological polar surface area (TPSA) is 50.2 Å². The summed E-state index contributed by atoms with van der Waals surface area (Å²) in [5.74, 6) is 0.0120. The quantitative estimate of drug-likeness (QED) is 0.865. The molecule has 0 saturated carbocycles. The zero-order valence-corrected chi connectivity index (χ0v) is 15.1. The number of aryl methyl sites for hydroxylation is 1. The Labute approximate surface area is 148 Å². The Kier molecular flexibility index (Phi) is 7.55. The molecule has 2 aromatic rings. The number of carbonyl (C=O) groups excluding carboxylic acids is 1. The molecule has 0 radical (unpaired) electrons. The second-order valence-electron chi connectivity index (χ2n) is 5.11. The van der Waals surface area contributed by atoms with Gasteiger partial charge in [0.25, 0.3) is 0 Å². The van der Waals surface area contributed by atoms with Gasteiger partial charge in [0.05, 0.1) is 6.20 Å². The van der Waals surface area contributed by atoms with Crippen LogP contribution in [0.25, 0.3) is 0 Å². The average molecular weight is 357 g/mol. The molecule has 0 bridgehead atoms. The number of amides is 1. The lowest BCUT2D eigenvalue weighted by atomic mass is 10.1. The van der Waals surface area contributed by atoms with Crippen LogP contribution in [0.15, 0.2) is 36.7 Å². The summed E-state index contributed by atoms with van der Waals surface area (Å²) >= 11 is 6.20. The summed E-state index contributed by atoms with van der Waals surface area (Å²) in [4.78, 5) is 14.6. The van der Waals surface area contributed by atoms with E-state index in [0.29, 0.717) is 18.1 Å². The number of benzene rings is 1. The van der Waals surface area contributed by atoms with Crippen LogP contribution in [0.4, 0.5) is 0 Å². The van der Waals surface area contributed by atoms with Crippen molar-refractivity contribution in [2.45, 2.75) is 19.5 Å². The number of rotatable bonds is 6. The number of carbonyl (C=O) groups is 1. The van der Waals surface area contributed by atoms with Crippen LogP contribution in [-0.2, 0) is 18.4 Å². The number of likely N-dealkylation sites (N-methyl/N-ethyl adjacent to an activating group) is 2. The fraction of sp³-hybridized carbons (Fsp3) is 0.375. The highest BCUT2D eigenvalue weighted by atomic mass is 35.5. The first-order chi connectivity index (χ1) is 10.6. The monoisotopic (exact) mass is 356 g/mol. The van der Waals surface area contributed by atoms with Gasteiger partial charge in [-0.15, -0.1) is 12.4 Å². The van der Waals surface area contributed by atoms with E-state index in [1.165, 1.54) is 0 Å². The van der Waals surface area contributed by atoms with Crippen LogP contribution in [0.1, 0.15) is 24.1 Å².